The molecule has 0 aromatic heterocycles. The molecule has 87 heavy (non-hydrogen) atoms. The van der Waals surface area contributed by atoms with Gasteiger partial charge in [-0.2, -0.15) is 0 Å². The van der Waals surface area contributed by atoms with Crippen molar-refractivity contribution in [3.63, 3.8) is 0 Å². The Labute approximate surface area is 531 Å². The van der Waals surface area contributed by atoms with Crippen molar-refractivity contribution in [3.8, 4) is 0 Å². The Hall–Kier alpha value is -4.61. The van der Waals surface area contributed by atoms with Crippen LogP contribution in [0.5, 0.6) is 0 Å². The van der Waals surface area contributed by atoms with E-state index in [1.54, 1.807) is 48.5 Å². The molecule has 0 radical (unpaired) electrons. The molecule has 2 heterocycles. The number of urea groups is 3. The molecule has 28 heteroatoms. The Bertz CT molecular complexity index is 2880. The number of ether oxygens (including phenoxy) is 6. The van der Waals surface area contributed by atoms with Crippen LogP contribution in [0.15, 0.2) is 82.6 Å². The number of carbonyl (C=O) groups is 3. The number of fused-ring (bicyclic) bond motifs is 2. The number of amides is 6. The lowest BCUT2D eigenvalue weighted by Gasteiger charge is -2.33. The van der Waals surface area contributed by atoms with Gasteiger partial charge in [0.1, 0.15) is 0 Å². The molecule has 0 saturated heterocycles. The maximum Gasteiger partial charge on any atom is 0.317 e. The molecule has 0 aliphatic carbocycles. The van der Waals surface area contributed by atoms with E-state index in [1.807, 2.05) is 38.4 Å². The molecule has 4 aromatic rings. The van der Waals surface area contributed by atoms with Crippen LogP contribution >= 0.6 is 46.4 Å². The molecule has 2 atom stereocenters. The molecule has 4 aromatic carbocycles. The fourth-order valence-corrected chi connectivity index (χ4v) is 13.8. The minimum Gasteiger partial charge on any atom is -0.379 e. The summed E-state index contributed by atoms with van der Waals surface area (Å²) in [6.07, 6.45) is 0.584. The van der Waals surface area contributed by atoms with E-state index in [0.29, 0.717) is 85.5 Å². The zero-order valence-electron chi connectivity index (χ0n) is 49.4. The zero-order valence-corrected chi connectivity index (χ0v) is 54.1. The third kappa shape index (κ3) is 24.3. The molecule has 2 aliphatic rings. The molecule has 6 rings (SSSR count). The van der Waals surface area contributed by atoms with Gasteiger partial charge >= 0.3 is 18.1 Å². The lowest BCUT2D eigenvalue weighted by molar-refractivity contribution is 0.0498. The van der Waals surface area contributed by atoms with E-state index in [0.717, 1.165) is 33.4 Å². The first-order valence-corrected chi connectivity index (χ1v) is 33.9. The lowest BCUT2D eigenvalue weighted by Crippen LogP contribution is -2.49. The number of rotatable bonds is 38. The summed E-state index contributed by atoms with van der Waals surface area (Å²) >= 11 is 25.8. The van der Waals surface area contributed by atoms with Crippen molar-refractivity contribution in [2.24, 2.45) is 5.73 Å². The lowest BCUT2D eigenvalue weighted by atomic mass is 9.85. The van der Waals surface area contributed by atoms with E-state index < -0.39 is 37.8 Å². The van der Waals surface area contributed by atoms with Crippen LogP contribution in [0.25, 0.3) is 0 Å². The van der Waals surface area contributed by atoms with Crippen LogP contribution in [0.2, 0.25) is 20.1 Å². The second-order valence-electron chi connectivity index (χ2n) is 20.9. The average Bonchev–Trinajstić information content (AvgIpc) is 2.55. The molecular formula is C59H83Cl4N9O13S2. The van der Waals surface area contributed by atoms with Crippen LogP contribution in [-0.2, 0) is 61.2 Å². The number of hydrogen-bond acceptors (Lipinski definition) is 16. The molecule has 482 valence electrons. The van der Waals surface area contributed by atoms with Crippen molar-refractivity contribution in [1.82, 2.24) is 41.3 Å². The molecule has 7 N–H and O–H groups in total. The van der Waals surface area contributed by atoms with Crippen molar-refractivity contribution in [2.45, 2.75) is 47.6 Å². The number of halogens is 4. The van der Waals surface area contributed by atoms with Crippen molar-refractivity contribution >= 4 is 84.2 Å². The van der Waals surface area contributed by atoms with E-state index in [1.165, 1.54) is 4.90 Å². The third-order valence-electron chi connectivity index (χ3n) is 14.2. The summed E-state index contributed by atoms with van der Waals surface area (Å²) in [4.78, 5) is 44.6. The quantitative estimate of drug-likeness (QED) is 0.0275. The van der Waals surface area contributed by atoms with E-state index >= 15 is 0 Å². The number of sulfone groups is 2. The van der Waals surface area contributed by atoms with Crippen LogP contribution < -0.4 is 32.3 Å². The Morgan fingerprint density at radius 3 is 1.31 bits per heavy atom. The van der Waals surface area contributed by atoms with Gasteiger partial charge in [0.25, 0.3) is 0 Å². The number of likely N-dealkylation sites (N-methyl/N-ethyl adjacent to an activating group) is 2. The Kier molecular flexibility index (Phi) is 30.8. The van der Waals surface area contributed by atoms with Gasteiger partial charge in [-0.05, 0) is 109 Å². The van der Waals surface area contributed by atoms with E-state index in [9.17, 15) is 31.2 Å². The predicted molar refractivity (Wildman–Crippen MR) is 337 cm³/mol. The van der Waals surface area contributed by atoms with Crippen molar-refractivity contribution in [1.29, 1.82) is 0 Å². The van der Waals surface area contributed by atoms with Crippen LogP contribution in [0, 0.1) is 0 Å². The Balaban J connectivity index is 0.799. The van der Waals surface area contributed by atoms with Gasteiger partial charge < -0.3 is 75.4 Å². The normalized spacial score (nSPS) is 15.3. The number of benzene rings is 4. The molecule has 0 fully saturated rings. The monoisotopic (exact) mass is 1330 g/mol. The van der Waals surface area contributed by atoms with E-state index in [-0.39, 0.29) is 138 Å². The van der Waals surface area contributed by atoms with Crippen molar-refractivity contribution < 1.29 is 59.6 Å². The van der Waals surface area contributed by atoms with Gasteiger partial charge in [-0.25, -0.2) is 31.2 Å². The smallest absolute Gasteiger partial charge is 0.317 e. The number of hydrogen-bond donors (Lipinski definition) is 6. The van der Waals surface area contributed by atoms with Gasteiger partial charge in [0, 0.05) is 124 Å². The van der Waals surface area contributed by atoms with Gasteiger partial charge in [0.2, 0.25) is 0 Å². The first-order valence-electron chi connectivity index (χ1n) is 29.1. The standard InChI is InChI=1S/C59H83Cl4N9O13S2/c1-70-39-51(49-35-45(60)37-55(62)53(49)41-70)43-7-3-9-47(33-43)86(76,77)31-5-19-80-25-28-83-22-14-67-57(73)65-12-17-72(59(75)69-16-24-85-30-27-82-21-11-64)18-13-66-58(74)68-15-23-84-29-26-81-20-6-32-87(78,79)48-10-4-8-44(34-48)52-40-71(2)42-54-50(52)36-46(61)38-56(54)63/h3-4,7-10,33-38,51-52H,5-6,11-32,39-42,64H2,1-2H3,(H,69,75)(H2,65,67,73)(H2,66,68,74)/t51-,52-/m0/s1. The number of nitrogens with one attached hydrogen (secondary N) is 5. The molecule has 22 nitrogen and oxygen atoms in total. The minimum atomic E-state index is -3.59. The van der Waals surface area contributed by atoms with E-state index in [2.05, 4.69) is 36.4 Å². The third-order valence-corrected chi connectivity index (χ3v) is 18.9. The van der Waals surface area contributed by atoms with E-state index in [4.69, 9.17) is 80.6 Å². The van der Waals surface area contributed by atoms with Gasteiger partial charge in [0.05, 0.1) is 87.4 Å². The summed E-state index contributed by atoms with van der Waals surface area (Å²) in [6, 6.07) is 20.0. The highest BCUT2D eigenvalue weighted by molar-refractivity contribution is 7.91. The molecule has 2 aliphatic heterocycles. The Morgan fingerprint density at radius 1 is 0.517 bits per heavy atom. The maximum absolute atomic E-state index is 13.4. The number of carbonyl (C=O) groups excluding carboxylic acids is 3. The summed E-state index contributed by atoms with van der Waals surface area (Å²) in [5.74, 6) is -0.357. The average molecular weight is 1330 g/mol. The summed E-state index contributed by atoms with van der Waals surface area (Å²) in [7, 11) is -3.17. The highest BCUT2D eigenvalue weighted by atomic mass is 35.5. The second-order valence-corrected chi connectivity index (χ2v) is 26.9. The summed E-state index contributed by atoms with van der Waals surface area (Å²) in [6.45, 7) is 7.33. The van der Waals surface area contributed by atoms with Crippen molar-refractivity contribution in [3.05, 3.63) is 126 Å². The van der Waals surface area contributed by atoms with Crippen LogP contribution in [0.4, 0.5) is 14.4 Å². The fourth-order valence-electron chi connectivity index (χ4n) is 9.96. The van der Waals surface area contributed by atoms with Gasteiger partial charge in [-0.15, -0.1) is 0 Å². The molecule has 6 amide bonds. The predicted octanol–water partition coefficient (Wildman–Crippen LogP) is 6.15. The fraction of sp³-hybridized carbons (Fsp3) is 0.542. The zero-order chi connectivity index (χ0) is 62.6. The molecule has 0 spiro atoms. The van der Waals surface area contributed by atoms with Gasteiger partial charge in [0.15, 0.2) is 19.7 Å². The first-order chi connectivity index (χ1) is 41.8. The van der Waals surface area contributed by atoms with Gasteiger partial charge in [-0.1, -0.05) is 70.7 Å². The topological polar surface area (TPSA) is 271 Å². The minimum absolute atomic E-state index is 0.0876. The van der Waals surface area contributed by atoms with Crippen LogP contribution in [0.3, 0.4) is 0 Å². The maximum atomic E-state index is 13.4. The van der Waals surface area contributed by atoms with Crippen molar-refractivity contribution in [2.75, 3.05) is 170 Å². The number of nitrogens with two attached hydrogens (primary N) is 1. The SMILES string of the molecule is CN1Cc2c(Cl)cc(Cl)cc2[C@H](c2cccc(S(=O)(=O)CCCOCCOCCNC(=O)NCCN(CCNC(=O)NCCOCCOCCCS(=O)(=O)c3cccc([C@@H]4CN(C)Cc5c(Cl)cc(Cl)cc54)c3)C(=O)NCCOCCOCCN)c2)C1. The highest BCUT2D eigenvalue weighted by Gasteiger charge is 2.30. The Morgan fingerprint density at radius 2 is 0.897 bits per heavy atom. The largest absolute Gasteiger partial charge is 0.379 e. The van der Waals surface area contributed by atoms with Crippen LogP contribution in [-0.4, -0.2) is 220 Å². The van der Waals surface area contributed by atoms with Crippen LogP contribution in [0.1, 0.15) is 58.1 Å². The highest BCUT2D eigenvalue weighted by Crippen LogP contribution is 2.40. The second kappa shape index (κ2) is 37.5. The first kappa shape index (κ1) is 71.5. The molecule has 0 bridgehead atoms. The summed E-state index contributed by atoms with van der Waals surface area (Å²) in [5.41, 5.74) is 11.2. The van der Waals surface area contributed by atoms with Gasteiger partial charge in [-0.3, -0.25) is 0 Å². The molecule has 0 saturated carbocycles. The summed E-state index contributed by atoms with van der Waals surface area (Å²) < 4.78 is 86.6. The molecule has 0 unspecified atom stereocenters. The summed E-state index contributed by atoms with van der Waals surface area (Å²) in [5, 5.41) is 15.9. The number of nitrogens with zero attached hydrogens (tertiary/aromatic N) is 3. The molecular weight excluding hydrogens is 1250 g/mol.